The van der Waals surface area contributed by atoms with Gasteiger partial charge in [-0.3, -0.25) is 4.79 Å². The number of hydrogen-bond donors (Lipinski definition) is 3. The Balaban J connectivity index is 2.02. The molecular weight excluding hydrogens is 365 g/mol. The monoisotopic (exact) mass is 385 g/mol. The molecule has 28 heavy (non-hydrogen) atoms. The molecule has 2 aromatic carbocycles. The Hall–Kier alpha value is -3.55. The Morgan fingerprint density at radius 3 is 2.57 bits per heavy atom. The van der Waals surface area contributed by atoms with E-state index in [1.807, 2.05) is 0 Å². The zero-order valence-electron chi connectivity index (χ0n) is 15.6. The molecule has 0 saturated heterocycles. The van der Waals surface area contributed by atoms with E-state index in [1.54, 1.807) is 31.2 Å². The maximum absolute atomic E-state index is 13.9. The summed E-state index contributed by atoms with van der Waals surface area (Å²) in [6, 6.07) is 9.68. The minimum atomic E-state index is -0.790. The number of benzene rings is 2. The molecule has 2 aromatic rings. The smallest absolute Gasteiger partial charge is 0.319 e. The van der Waals surface area contributed by atoms with Gasteiger partial charge in [-0.1, -0.05) is 12.1 Å². The number of anilines is 1. The van der Waals surface area contributed by atoms with Gasteiger partial charge >= 0.3 is 6.03 Å². The molecule has 0 unspecified atom stereocenters. The molecule has 1 heterocycles. The highest BCUT2D eigenvalue weighted by molar-refractivity contribution is 6.07. The van der Waals surface area contributed by atoms with Gasteiger partial charge in [-0.05, 0) is 31.2 Å². The fourth-order valence-corrected chi connectivity index (χ4v) is 3.04. The number of hydrogen-bond acceptors (Lipinski definition) is 4. The van der Waals surface area contributed by atoms with Crippen molar-refractivity contribution in [1.82, 2.24) is 10.6 Å². The van der Waals surface area contributed by atoms with E-state index >= 15 is 0 Å². The van der Waals surface area contributed by atoms with E-state index in [9.17, 15) is 14.0 Å². The Morgan fingerprint density at radius 1 is 1.14 bits per heavy atom. The molecule has 0 saturated carbocycles. The maximum atomic E-state index is 13.9. The van der Waals surface area contributed by atoms with Gasteiger partial charge in [0.1, 0.15) is 17.3 Å². The number of urea groups is 1. The summed E-state index contributed by atoms with van der Waals surface area (Å²) < 4.78 is 24.6. The zero-order valence-corrected chi connectivity index (χ0v) is 15.6. The number of para-hydroxylation sites is 1. The third-order valence-electron chi connectivity index (χ3n) is 4.39. The molecule has 1 aliphatic rings. The summed E-state index contributed by atoms with van der Waals surface area (Å²) in [5, 5.41) is 7.86. The summed E-state index contributed by atoms with van der Waals surface area (Å²) in [7, 11) is 3.01. The Labute approximate surface area is 161 Å². The number of amides is 3. The lowest BCUT2D eigenvalue weighted by atomic mass is 9.94. The number of carbonyl (C=O) groups excluding carboxylic acids is 2. The van der Waals surface area contributed by atoms with Crippen molar-refractivity contribution in [3.8, 4) is 11.5 Å². The number of nitrogens with one attached hydrogen (secondary N) is 3. The van der Waals surface area contributed by atoms with Gasteiger partial charge in [0.05, 0.1) is 31.5 Å². The lowest BCUT2D eigenvalue weighted by Crippen LogP contribution is -2.46. The summed E-state index contributed by atoms with van der Waals surface area (Å²) >= 11 is 0. The van der Waals surface area contributed by atoms with Crippen LogP contribution in [0.4, 0.5) is 14.9 Å². The molecular formula is C20H20FN3O4. The van der Waals surface area contributed by atoms with Crippen molar-refractivity contribution >= 4 is 17.6 Å². The number of ether oxygens (including phenoxy) is 2. The third kappa shape index (κ3) is 3.75. The zero-order chi connectivity index (χ0) is 20.3. The van der Waals surface area contributed by atoms with Gasteiger partial charge in [-0.25, -0.2) is 9.18 Å². The van der Waals surface area contributed by atoms with Crippen LogP contribution in [0.3, 0.4) is 0 Å². The molecule has 1 aliphatic heterocycles. The highest BCUT2D eigenvalue weighted by Gasteiger charge is 2.33. The van der Waals surface area contributed by atoms with Crippen LogP contribution in [0.25, 0.3) is 0 Å². The van der Waals surface area contributed by atoms with Crippen molar-refractivity contribution in [2.75, 3.05) is 19.5 Å². The van der Waals surface area contributed by atoms with Gasteiger partial charge in [0.25, 0.3) is 5.91 Å². The van der Waals surface area contributed by atoms with Crippen LogP contribution < -0.4 is 25.4 Å². The maximum Gasteiger partial charge on any atom is 0.319 e. The van der Waals surface area contributed by atoms with Crippen LogP contribution in [0.15, 0.2) is 53.7 Å². The molecule has 0 bridgehead atoms. The first-order valence-electron chi connectivity index (χ1n) is 8.50. The fraction of sp³-hybridized carbons (Fsp3) is 0.200. The van der Waals surface area contributed by atoms with E-state index in [4.69, 9.17) is 9.47 Å². The van der Waals surface area contributed by atoms with Gasteiger partial charge in [-0.2, -0.15) is 0 Å². The van der Waals surface area contributed by atoms with Crippen molar-refractivity contribution in [3.05, 3.63) is 65.1 Å². The largest absolute Gasteiger partial charge is 0.497 e. The molecule has 0 aromatic heterocycles. The minimum absolute atomic E-state index is 0.0464. The van der Waals surface area contributed by atoms with Crippen molar-refractivity contribution in [2.24, 2.45) is 0 Å². The first kappa shape index (κ1) is 19.2. The SMILES string of the molecule is COc1ccc([C@H]2NC(=O)NC(C)=C2C(=O)Nc2ccccc2F)c(OC)c1. The standard InChI is InChI=1S/C20H20FN3O4/c1-11-17(19(25)23-15-7-5-4-6-14(15)21)18(24-20(26)22-11)13-9-8-12(27-2)10-16(13)28-3/h4-10,18H,1-3H3,(H,23,25)(H2,22,24,26)/t18-/m1/s1. The third-order valence-corrected chi connectivity index (χ3v) is 4.39. The molecule has 0 aliphatic carbocycles. The molecule has 3 N–H and O–H groups in total. The van der Waals surface area contributed by atoms with E-state index in [2.05, 4.69) is 16.0 Å². The second-order valence-corrected chi connectivity index (χ2v) is 6.11. The summed E-state index contributed by atoms with van der Waals surface area (Å²) in [4.78, 5) is 25.0. The summed E-state index contributed by atoms with van der Waals surface area (Å²) in [5.74, 6) is -0.0899. The van der Waals surface area contributed by atoms with E-state index in [0.29, 0.717) is 22.8 Å². The predicted octanol–water partition coefficient (Wildman–Crippen LogP) is 3.11. The highest BCUT2D eigenvalue weighted by Crippen LogP contribution is 2.35. The first-order chi connectivity index (χ1) is 13.4. The molecule has 3 rings (SSSR count). The molecule has 0 spiro atoms. The minimum Gasteiger partial charge on any atom is -0.497 e. The van der Waals surface area contributed by atoms with Crippen molar-refractivity contribution < 1.29 is 23.5 Å². The average Bonchev–Trinajstić information content (AvgIpc) is 2.68. The lowest BCUT2D eigenvalue weighted by molar-refractivity contribution is -0.113. The van der Waals surface area contributed by atoms with Crippen molar-refractivity contribution in [1.29, 1.82) is 0 Å². The van der Waals surface area contributed by atoms with Crippen LogP contribution in [-0.4, -0.2) is 26.2 Å². The molecule has 1 atom stereocenters. The van der Waals surface area contributed by atoms with Crippen molar-refractivity contribution in [3.63, 3.8) is 0 Å². The van der Waals surface area contributed by atoms with Gasteiger partial charge in [0.15, 0.2) is 0 Å². The quantitative estimate of drug-likeness (QED) is 0.738. The summed E-state index contributed by atoms with van der Waals surface area (Å²) in [6.07, 6.45) is 0. The number of carbonyl (C=O) groups is 2. The Morgan fingerprint density at radius 2 is 1.89 bits per heavy atom. The van der Waals surface area contributed by atoms with Gasteiger partial charge in [0, 0.05) is 17.3 Å². The van der Waals surface area contributed by atoms with Gasteiger partial charge < -0.3 is 25.4 Å². The Bertz CT molecular complexity index is 958. The normalized spacial score (nSPS) is 16.1. The number of methoxy groups -OCH3 is 2. The van der Waals surface area contributed by atoms with Gasteiger partial charge in [0.2, 0.25) is 0 Å². The first-order valence-corrected chi connectivity index (χ1v) is 8.50. The molecule has 0 radical (unpaired) electrons. The van der Waals surface area contributed by atoms with Gasteiger partial charge in [-0.15, -0.1) is 0 Å². The topological polar surface area (TPSA) is 88.7 Å². The molecule has 3 amide bonds. The number of allylic oxidation sites excluding steroid dienone is 1. The number of halogens is 1. The van der Waals surface area contributed by atoms with E-state index in [1.165, 1.54) is 32.4 Å². The summed E-state index contributed by atoms with van der Waals surface area (Å²) in [6.45, 7) is 1.61. The van der Waals surface area contributed by atoms with Crippen LogP contribution in [0.5, 0.6) is 11.5 Å². The van der Waals surface area contributed by atoms with E-state index < -0.39 is 23.8 Å². The second kappa shape index (κ2) is 7.99. The molecule has 146 valence electrons. The van der Waals surface area contributed by atoms with Crippen molar-refractivity contribution in [2.45, 2.75) is 13.0 Å². The molecule has 8 heteroatoms. The lowest BCUT2D eigenvalue weighted by Gasteiger charge is -2.29. The highest BCUT2D eigenvalue weighted by atomic mass is 19.1. The Kier molecular flexibility index (Phi) is 5.49. The summed E-state index contributed by atoms with van der Waals surface area (Å²) in [5.41, 5.74) is 1.22. The van der Waals surface area contributed by atoms with E-state index in [-0.39, 0.29) is 11.3 Å². The van der Waals surface area contributed by atoms with Crippen LogP contribution in [-0.2, 0) is 4.79 Å². The second-order valence-electron chi connectivity index (χ2n) is 6.11. The predicted molar refractivity (Wildman–Crippen MR) is 102 cm³/mol. The average molecular weight is 385 g/mol. The molecule has 7 nitrogen and oxygen atoms in total. The van der Waals surface area contributed by atoms with Crippen LogP contribution in [0, 0.1) is 5.82 Å². The molecule has 0 fully saturated rings. The fourth-order valence-electron chi connectivity index (χ4n) is 3.04. The van der Waals surface area contributed by atoms with Crippen LogP contribution in [0.1, 0.15) is 18.5 Å². The van der Waals surface area contributed by atoms with E-state index in [0.717, 1.165) is 0 Å². The number of rotatable bonds is 5. The van der Waals surface area contributed by atoms with Crippen LogP contribution in [0.2, 0.25) is 0 Å². The van der Waals surface area contributed by atoms with Crippen LogP contribution >= 0.6 is 0 Å².